The first-order valence-electron chi connectivity index (χ1n) is 13.1. The monoisotopic (exact) mass is 544 g/mol. The Bertz CT molecular complexity index is 1560. The number of rotatable bonds is 11. The molecule has 0 bridgehead atoms. The second-order valence-corrected chi connectivity index (χ2v) is 11.8. The number of sulfonamides is 1. The van der Waals surface area contributed by atoms with E-state index >= 15 is 0 Å². The van der Waals surface area contributed by atoms with E-state index in [4.69, 9.17) is 0 Å². The molecule has 9 heteroatoms. The Hall–Kier alpha value is -3.95. The van der Waals surface area contributed by atoms with Crippen molar-refractivity contribution in [3.63, 3.8) is 0 Å². The van der Waals surface area contributed by atoms with Crippen LogP contribution in [-0.2, 0) is 32.6 Å². The van der Waals surface area contributed by atoms with Gasteiger partial charge in [0, 0.05) is 48.8 Å². The molecule has 0 unspecified atom stereocenters. The second-order valence-electron chi connectivity index (χ2n) is 9.90. The van der Waals surface area contributed by atoms with Gasteiger partial charge in [-0.25, -0.2) is 8.42 Å². The summed E-state index contributed by atoms with van der Waals surface area (Å²) < 4.78 is 28.6. The summed E-state index contributed by atoms with van der Waals surface area (Å²) in [5.41, 5.74) is 3.66. The van der Waals surface area contributed by atoms with Gasteiger partial charge >= 0.3 is 0 Å². The number of hydrogen-bond donors (Lipinski definition) is 2. The minimum atomic E-state index is -3.90. The van der Waals surface area contributed by atoms with Gasteiger partial charge in [0.1, 0.15) is 0 Å². The number of nitrogens with one attached hydrogen (secondary N) is 2. The average molecular weight is 545 g/mol. The average Bonchev–Trinajstić information content (AvgIpc) is 3.69. The molecule has 0 aliphatic heterocycles. The SMILES string of the molecule is CC(=O)Nc1ccc(S(=O)(=O)N(CC(=O)N(CCc2c[nH]c3ccccc23)Cc2ccccc2)C2CC2)cc1. The van der Waals surface area contributed by atoms with Gasteiger partial charge in [-0.3, -0.25) is 9.59 Å². The van der Waals surface area contributed by atoms with E-state index in [2.05, 4.69) is 16.4 Å². The first kappa shape index (κ1) is 26.6. The van der Waals surface area contributed by atoms with E-state index in [1.807, 2.05) is 54.7 Å². The van der Waals surface area contributed by atoms with E-state index < -0.39 is 10.0 Å². The zero-order valence-electron chi connectivity index (χ0n) is 21.8. The van der Waals surface area contributed by atoms with Crippen molar-refractivity contribution in [1.82, 2.24) is 14.2 Å². The number of carbonyl (C=O) groups is 2. The topological polar surface area (TPSA) is 103 Å². The highest BCUT2D eigenvalue weighted by Crippen LogP contribution is 2.32. The zero-order valence-corrected chi connectivity index (χ0v) is 22.7. The maximum absolute atomic E-state index is 13.7. The van der Waals surface area contributed by atoms with Gasteiger partial charge in [0.25, 0.3) is 0 Å². The lowest BCUT2D eigenvalue weighted by molar-refractivity contribution is -0.132. The van der Waals surface area contributed by atoms with Crippen LogP contribution in [0.5, 0.6) is 0 Å². The third-order valence-electron chi connectivity index (χ3n) is 6.92. The Morgan fingerprint density at radius 3 is 2.33 bits per heavy atom. The number of amides is 2. The highest BCUT2D eigenvalue weighted by molar-refractivity contribution is 7.89. The molecule has 2 N–H and O–H groups in total. The summed E-state index contributed by atoms with van der Waals surface area (Å²) in [6.07, 6.45) is 4.07. The van der Waals surface area contributed by atoms with Gasteiger partial charge in [0.2, 0.25) is 21.8 Å². The molecule has 1 aromatic heterocycles. The molecule has 8 nitrogen and oxygen atoms in total. The predicted molar refractivity (Wildman–Crippen MR) is 152 cm³/mol. The van der Waals surface area contributed by atoms with Gasteiger partial charge < -0.3 is 15.2 Å². The Balaban J connectivity index is 1.36. The zero-order chi connectivity index (χ0) is 27.4. The first-order valence-corrected chi connectivity index (χ1v) is 14.5. The van der Waals surface area contributed by atoms with E-state index in [1.54, 1.807) is 17.0 Å². The maximum atomic E-state index is 13.7. The van der Waals surface area contributed by atoms with Gasteiger partial charge in [-0.2, -0.15) is 4.31 Å². The summed E-state index contributed by atoms with van der Waals surface area (Å²) in [6.45, 7) is 2.03. The van der Waals surface area contributed by atoms with Crippen molar-refractivity contribution in [2.45, 2.75) is 43.7 Å². The predicted octanol–water partition coefficient (Wildman–Crippen LogP) is 4.55. The molecule has 1 fully saturated rings. The molecule has 5 rings (SSSR count). The highest BCUT2D eigenvalue weighted by Gasteiger charge is 2.40. The van der Waals surface area contributed by atoms with E-state index in [0.717, 1.165) is 34.9 Å². The number of carbonyl (C=O) groups excluding carboxylic acids is 2. The minimum Gasteiger partial charge on any atom is -0.361 e. The molecular weight excluding hydrogens is 512 g/mol. The van der Waals surface area contributed by atoms with Crippen molar-refractivity contribution >= 4 is 38.4 Å². The molecule has 202 valence electrons. The lowest BCUT2D eigenvalue weighted by Crippen LogP contribution is -2.44. The normalized spacial score (nSPS) is 13.5. The number of H-pyrrole nitrogens is 1. The van der Waals surface area contributed by atoms with Crippen molar-refractivity contribution in [2.75, 3.05) is 18.4 Å². The van der Waals surface area contributed by atoms with Gasteiger partial charge in [-0.05, 0) is 60.7 Å². The van der Waals surface area contributed by atoms with Crippen LogP contribution >= 0.6 is 0 Å². The Morgan fingerprint density at radius 2 is 1.64 bits per heavy atom. The summed E-state index contributed by atoms with van der Waals surface area (Å²) in [6, 6.07) is 23.7. The Kier molecular flexibility index (Phi) is 7.81. The van der Waals surface area contributed by atoms with Crippen molar-refractivity contribution in [2.24, 2.45) is 0 Å². The van der Waals surface area contributed by atoms with Crippen LogP contribution in [0.1, 0.15) is 30.9 Å². The smallest absolute Gasteiger partial charge is 0.243 e. The number of anilines is 1. The number of nitrogens with zero attached hydrogens (tertiary/aromatic N) is 2. The fourth-order valence-electron chi connectivity index (χ4n) is 4.74. The van der Waals surface area contributed by atoms with Crippen LogP contribution in [0.3, 0.4) is 0 Å². The molecule has 3 aromatic carbocycles. The van der Waals surface area contributed by atoms with Crippen molar-refractivity contribution in [1.29, 1.82) is 0 Å². The van der Waals surface area contributed by atoms with Crippen molar-refractivity contribution in [3.05, 3.63) is 96.2 Å². The summed E-state index contributed by atoms with van der Waals surface area (Å²) in [7, 11) is -3.90. The molecule has 4 aromatic rings. The van der Waals surface area contributed by atoms with E-state index in [9.17, 15) is 18.0 Å². The van der Waals surface area contributed by atoms with Crippen LogP contribution in [0.15, 0.2) is 90.0 Å². The maximum Gasteiger partial charge on any atom is 0.243 e. The number of aromatic amines is 1. The molecule has 39 heavy (non-hydrogen) atoms. The van der Waals surface area contributed by atoms with Gasteiger partial charge in [0.15, 0.2) is 0 Å². The molecule has 0 atom stereocenters. The van der Waals surface area contributed by atoms with Crippen molar-refractivity contribution in [3.8, 4) is 0 Å². The molecule has 1 aliphatic carbocycles. The van der Waals surface area contributed by atoms with Gasteiger partial charge in [-0.1, -0.05) is 48.5 Å². The van der Waals surface area contributed by atoms with E-state index in [-0.39, 0.29) is 29.3 Å². The fourth-order valence-corrected chi connectivity index (χ4v) is 6.38. The standard InChI is InChI=1S/C30H32N4O4S/c1-22(35)32-25-11-15-27(16-12-25)39(37,38)34(26-13-14-26)21-30(36)33(20-23-7-3-2-4-8-23)18-17-24-19-31-29-10-6-5-9-28(24)29/h2-12,15-16,19,26,31H,13-14,17-18,20-21H2,1H3,(H,32,35). The number of hydrogen-bond acceptors (Lipinski definition) is 4. The largest absolute Gasteiger partial charge is 0.361 e. The van der Waals surface area contributed by atoms with Crippen LogP contribution in [0.25, 0.3) is 10.9 Å². The fraction of sp³-hybridized carbons (Fsp3) is 0.267. The molecule has 0 saturated heterocycles. The van der Waals surface area contributed by atoms with Crippen LogP contribution in [0.2, 0.25) is 0 Å². The molecule has 1 aliphatic rings. The first-order chi connectivity index (χ1) is 18.8. The molecule has 1 saturated carbocycles. The number of aromatic nitrogens is 1. The lowest BCUT2D eigenvalue weighted by atomic mass is 10.1. The van der Waals surface area contributed by atoms with Gasteiger partial charge in [-0.15, -0.1) is 0 Å². The molecule has 2 amide bonds. The van der Waals surface area contributed by atoms with E-state index in [1.165, 1.54) is 23.4 Å². The van der Waals surface area contributed by atoms with Crippen LogP contribution in [0.4, 0.5) is 5.69 Å². The Morgan fingerprint density at radius 1 is 0.949 bits per heavy atom. The summed E-state index contributed by atoms with van der Waals surface area (Å²) in [4.78, 5) is 30.2. The second kappa shape index (κ2) is 11.4. The molecule has 1 heterocycles. The van der Waals surface area contributed by atoms with Crippen molar-refractivity contribution < 1.29 is 18.0 Å². The minimum absolute atomic E-state index is 0.102. The summed E-state index contributed by atoms with van der Waals surface area (Å²) in [5, 5.41) is 3.76. The quantitative estimate of drug-likeness (QED) is 0.289. The number of para-hydroxylation sites is 1. The van der Waals surface area contributed by atoms with Crippen LogP contribution in [-0.4, -0.2) is 53.6 Å². The highest BCUT2D eigenvalue weighted by atomic mass is 32.2. The van der Waals surface area contributed by atoms with E-state index in [0.29, 0.717) is 25.2 Å². The number of benzene rings is 3. The molecular formula is C30H32N4O4S. The Labute approximate surface area is 228 Å². The summed E-state index contributed by atoms with van der Waals surface area (Å²) in [5.74, 6) is -0.467. The third kappa shape index (κ3) is 6.38. The van der Waals surface area contributed by atoms with Crippen LogP contribution in [0, 0.1) is 0 Å². The van der Waals surface area contributed by atoms with Gasteiger partial charge in [0.05, 0.1) is 11.4 Å². The number of fused-ring (bicyclic) bond motifs is 1. The van der Waals surface area contributed by atoms with Crippen LogP contribution < -0.4 is 5.32 Å². The molecule has 0 spiro atoms. The lowest BCUT2D eigenvalue weighted by Gasteiger charge is -2.27. The summed E-state index contributed by atoms with van der Waals surface area (Å²) >= 11 is 0. The molecule has 0 radical (unpaired) electrons. The third-order valence-corrected chi connectivity index (χ3v) is 8.83.